The van der Waals surface area contributed by atoms with Gasteiger partial charge in [0.15, 0.2) is 0 Å². The number of nitro groups is 1. The number of aliphatic hydroxyl groups is 1. The Bertz CT molecular complexity index is 516. The molecule has 1 aromatic rings. The predicted molar refractivity (Wildman–Crippen MR) is 70.1 cm³/mol. The van der Waals surface area contributed by atoms with Crippen LogP contribution in [0.3, 0.4) is 0 Å². The van der Waals surface area contributed by atoms with Crippen LogP contribution in [-0.4, -0.2) is 49.3 Å². The molecule has 0 radical (unpaired) electrons. The number of hydrogen-bond acceptors (Lipinski definition) is 8. The average molecular weight is 286 g/mol. The van der Waals surface area contributed by atoms with Crippen molar-refractivity contribution in [3.63, 3.8) is 0 Å². The first-order valence-electron chi connectivity index (χ1n) is 5.47. The van der Waals surface area contributed by atoms with Crippen LogP contribution >= 0.6 is 11.9 Å². The summed E-state index contributed by atoms with van der Waals surface area (Å²) in [5, 5.41) is 21.4. The Balaban J connectivity index is 2.11. The molecule has 1 aromatic heterocycles. The van der Waals surface area contributed by atoms with Gasteiger partial charge in [-0.15, -0.1) is 0 Å². The molecule has 104 valence electrons. The van der Waals surface area contributed by atoms with Gasteiger partial charge in [0.25, 0.3) is 0 Å². The van der Waals surface area contributed by atoms with E-state index in [0.29, 0.717) is 12.4 Å². The van der Waals surface area contributed by atoms with E-state index in [0.717, 1.165) is 4.91 Å². The maximum absolute atomic E-state index is 10.8. The van der Waals surface area contributed by atoms with Gasteiger partial charge in [-0.05, 0) is 4.92 Å². The molecule has 0 amide bonds. The lowest BCUT2D eigenvalue weighted by Gasteiger charge is -2.25. The maximum Gasteiger partial charge on any atom is 0.342 e. The number of nitrogens with zero attached hydrogens (tertiary/aromatic N) is 5. The van der Waals surface area contributed by atoms with Gasteiger partial charge in [0, 0.05) is 31.7 Å². The summed E-state index contributed by atoms with van der Waals surface area (Å²) >= 11 is 1.34. The molecule has 0 saturated carbocycles. The van der Waals surface area contributed by atoms with E-state index in [1.54, 1.807) is 22.8 Å². The summed E-state index contributed by atoms with van der Waals surface area (Å²) in [6.07, 6.45) is 2.95. The Kier molecular flexibility index (Phi) is 4.04. The fourth-order valence-corrected chi connectivity index (χ4v) is 2.46. The number of nitrogens with one attached hydrogen (secondary N) is 1. The van der Waals surface area contributed by atoms with Crippen LogP contribution in [0, 0.1) is 10.1 Å². The van der Waals surface area contributed by atoms with Gasteiger partial charge in [-0.1, -0.05) is 4.52 Å². The van der Waals surface area contributed by atoms with Crippen LogP contribution in [0.15, 0.2) is 12.4 Å². The van der Waals surface area contributed by atoms with Crippen molar-refractivity contribution in [1.29, 1.82) is 0 Å². The van der Waals surface area contributed by atoms with Crippen LogP contribution in [0.4, 0.5) is 5.82 Å². The van der Waals surface area contributed by atoms with Crippen LogP contribution in [0.1, 0.15) is 5.82 Å². The highest BCUT2D eigenvalue weighted by molar-refractivity contribution is 8.06. The largest absolute Gasteiger partial charge is 0.395 e. The second-order valence-electron chi connectivity index (χ2n) is 3.86. The Hall–Kier alpha value is -1.62. The van der Waals surface area contributed by atoms with E-state index >= 15 is 0 Å². The molecule has 0 atom stereocenters. The van der Waals surface area contributed by atoms with Gasteiger partial charge in [-0.2, -0.15) is 0 Å². The molecule has 2 N–H and O–H groups in total. The first-order valence-corrected chi connectivity index (χ1v) is 6.24. The topological polar surface area (TPSA) is 99.7 Å². The molecule has 10 heteroatoms. The molecule has 0 saturated heterocycles. The molecule has 0 spiro atoms. The van der Waals surface area contributed by atoms with Crippen LogP contribution in [-0.2, 0) is 7.05 Å². The molecule has 2 rings (SSSR count). The monoisotopic (exact) mass is 286 g/mol. The minimum absolute atomic E-state index is 0.0401. The fourth-order valence-electron chi connectivity index (χ4n) is 1.57. The molecule has 1 aliphatic heterocycles. The summed E-state index contributed by atoms with van der Waals surface area (Å²) < 4.78 is 3.14. The van der Waals surface area contributed by atoms with Crippen molar-refractivity contribution in [3.05, 3.63) is 28.3 Å². The highest BCUT2D eigenvalue weighted by Gasteiger charge is 2.27. The van der Waals surface area contributed by atoms with E-state index < -0.39 is 4.92 Å². The Morgan fingerprint density at radius 3 is 3.00 bits per heavy atom. The zero-order chi connectivity index (χ0) is 14.0. The molecular formula is C9H14N6O3S. The first kappa shape index (κ1) is 13.8. The molecule has 0 fully saturated rings. The third-order valence-electron chi connectivity index (χ3n) is 2.60. The molecule has 0 unspecified atom stereocenters. The summed E-state index contributed by atoms with van der Waals surface area (Å²) in [6.45, 7) is 0.514. The van der Waals surface area contributed by atoms with E-state index in [4.69, 9.17) is 5.11 Å². The van der Waals surface area contributed by atoms with Crippen molar-refractivity contribution in [3.8, 4) is 0 Å². The minimum atomic E-state index is -0.472. The van der Waals surface area contributed by atoms with E-state index in [1.165, 1.54) is 22.7 Å². The summed E-state index contributed by atoms with van der Waals surface area (Å²) in [5.74, 6) is 0.461. The van der Waals surface area contributed by atoms with Crippen molar-refractivity contribution < 1.29 is 10.0 Å². The lowest BCUT2D eigenvalue weighted by Crippen LogP contribution is -2.40. The van der Waals surface area contributed by atoms with Crippen molar-refractivity contribution in [2.45, 2.75) is 0 Å². The van der Waals surface area contributed by atoms with E-state index in [9.17, 15) is 10.1 Å². The van der Waals surface area contributed by atoms with E-state index in [-0.39, 0.29) is 12.4 Å². The predicted octanol–water partition coefficient (Wildman–Crippen LogP) is -0.0658. The summed E-state index contributed by atoms with van der Waals surface area (Å²) in [6, 6.07) is 0. The lowest BCUT2D eigenvalue weighted by molar-refractivity contribution is -0.391. The lowest BCUT2D eigenvalue weighted by atomic mass is 10.5. The number of aromatic nitrogens is 2. The molecule has 0 aliphatic carbocycles. The Labute approximate surface area is 113 Å². The molecule has 2 heterocycles. The molecule has 0 aromatic carbocycles. The molecule has 9 nitrogen and oxygen atoms in total. The van der Waals surface area contributed by atoms with E-state index in [2.05, 4.69) is 10.4 Å². The molecule has 0 bridgehead atoms. The quantitative estimate of drug-likeness (QED) is 0.441. The second kappa shape index (κ2) is 5.57. The molecule has 19 heavy (non-hydrogen) atoms. The number of rotatable bonds is 5. The van der Waals surface area contributed by atoms with Gasteiger partial charge in [0.2, 0.25) is 5.82 Å². The summed E-state index contributed by atoms with van der Waals surface area (Å²) in [4.78, 5) is 15.1. The van der Waals surface area contributed by atoms with Gasteiger partial charge in [-0.25, -0.2) is 14.6 Å². The van der Waals surface area contributed by atoms with Crippen LogP contribution in [0.25, 0.3) is 4.91 Å². The van der Waals surface area contributed by atoms with Crippen molar-refractivity contribution in [1.82, 2.24) is 24.5 Å². The smallest absolute Gasteiger partial charge is 0.342 e. The summed E-state index contributed by atoms with van der Waals surface area (Å²) in [7, 11) is 3.41. The summed E-state index contributed by atoms with van der Waals surface area (Å²) in [5.41, 5.74) is 2.98. The third-order valence-corrected chi connectivity index (χ3v) is 3.65. The number of imidazole rings is 1. The fraction of sp³-hybridized carbons (Fsp3) is 0.444. The van der Waals surface area contributed by atoms with Gasteiger partial charge in [0.1, 0.15) is 11.1 Å². The zero-order valence-corrected chi connectivity index (χ0v) is 11.3. The Morgan fingerprint density at radius 2 is 2.42 bits per heavy atom. The van der Waals surface area contributed by atoms with E-state index in [1.807, 2.05) is 7.05 Å². The number of hydrazine groups is 2. The number of hydrogen-bond donors (Lipinski definition) is 2. The first-order chi connectivity index (χ1) is 9.04. The highest BCUT2D eigenvalue weighted by atomic mass is 32.2. The SMILES string of the molecule is CN(CCO)N1NC=C(c2ncc([N+](=O)[O-])n2C)S1. The molecule has 1 aliphatic rings. The van der Waals surface area contributed by atoms with Gasteiger partial charge in [0.05, 0.1) is 13.7 Å². The average Bonchev–Trinajstić information content (AvgIpc) is 2.95. The van der Waals surface area contributed by atoms with Crippen LogP contribution in [0.5, 0.6) is 0 Å². The van der Waals surface area contributed by atoms with Crippen LogP contribution < -0.4 is 5.43 Å². The van der Waals surface area contributed by atoms with Gasteiger partial charge < -0.3 is 20.6 Å². The van der Waals surface area contributed by atoms with Crippen molar-refractivity contribution in [2.75, 3.05) is 20.2 Å². The van der Waals surface area contributed by atoms with Gasteiger partial charge >= 0.3 is 5.82 Å². The van der Waals surface area contributed by atoms with Crippen LogP contribution in [0.2, 0.25) is 0 Å². The zero-order valence-electron chi connectivity index (χ0n) is 10.5. The molecular weight excluding hydrogens is 272 g/mol. The highest BCUT2D eigenvalue weighted by Crippen LogP contribution is 2.34. The van der Waals surface area contributed by atoms with Gasteiger partial charge in [-0.3, -0.25) is 0 Å². The number of aliphatic hydroxyl groups excluding tert-OH is 1. The second-order valence-corrected chi connectivity index (χ2v) is 4.83. The maximum atomic E-state index is 10.8. The normalized spacial score (nSPS) is 15.7. The van der Waals surface area contributed by atoms with Crippen molar-refractivity contribution in [2.24, 2.45) is 7.05 Å². The standard InChI is InChI=1S/C9H14N6O3S/c1-12(3-4-16)15-11-5-7(19-15)9-10-6-8(13(9)2)14(17)18/h5-6,11,16H,3-4H2,1-2H3. The minimum Gasteiger partial charge on any atom is -0.395 e. The van der Waals surface area contributed by atoms with Crippen molar-refractivity contribution >= 4 is 22.7 Å². The Morgan fingerprint density at radius 1 is 1.68 bits per heavy atom. The number of likely N-dealkylation sites (N-methyl/N-ethyl adjacent to an activating group) is 1. The third kappa shape index (κ3) is 2.71.